The zero-order valence-electron chi connectivity index (χ0n) is 11.2. The smallest absolute Gasteiger partial charge is 0.0398 e. The van der Waals surface area contributed by atoms with Crippen LogP contribution in [0.25, 0.3) is 0 Å². The lowest BCUT2D eigenvalue weighted by atomic mass is 10.1. The van der Waals surface area contributed by atoms with Crippen LogP contribution in [0.15, 0.2) is 18.2 Å². The molecule has 2 heteroatoms. The molecule has 2 rings (SSSR count). The molecule has 0 saturated carbocycles. The van der Waals surface area contributed by atoms with Gasteiger partial charge in [0.05, 0.1) is 0 Å². The van der Waals surface area contributed by atoms with Gasteiger partial charge in [-0.2, -0.15) is 0 Å². The SMILES string of the molecule is Cc1cc(CCN)ccc1N1CC(C)CC1C. The molecule has 1 saturated heterocycles. The molecule has 0 amide bonds. The summed E-state index contributed by atoms with van der Waals surface area (Å²) in [6, 6.07) is 7.46. The molecule has 0 spiro atoms. The Hall–Kier alpha value is -1.02. The molecular weight excluding hydrogens is 208 g/mol. The highest BCUT2D eigenvalue weighted by atomic mass is 15.2. The molecule has 94 valence electrons. The van der Waals surface area contributed by atoms with Crippen molar-refractivity contribution in [3.05, 3.63) is 29.3 Å². The third-order valence-corrected chi connectivity index (χ3v) is 3.79. The molecule has 0 radical (unpaired) electrons. The van der Waals surface area contributed by atoms with Crippen LogP contribution in [0, 0.1) is 12.8 Å². The minimum absolute atomic E-state index is 0.670. The molecule has 0 aliphatic carbocycles. The van der Waals surface area contributed by atoms with Crippen LogP contribution in [-0.4, -0.2) is 19.1 Å². The summed E-state index contributed by atoms with van der Waals surface area (Å²) in [4.78, 5) is 2.55. The number of hydrogen-bond acceptors (Lipinski definition) is 2. The quantitative estimate of drug-likeness (QED) is 0.868. The maximum absolute atomic E-state index is 5.60. The van der Waals surface area contributed by atoms with Gasteiger partial charge in [-0.05, 0) is 56.3 Å². The molecule has 1 aromatic carbocycles. The van der Waals surface area contributed by atoms with E-state index in [4.69, 9.17) is 5.73 Å². The number of benzene rings is 1. The minimum atomic E-state index is 0.670. The summed E-state index contributed by atoms with van der Waals surface area (Å²) in [5.74, 6) is 0.813. The average molecular weight is 232 g/mol. The topological polar surface area (TPSA) is 29.3 Å². The summed E-state index contributed by atoms with van der Waals surface area (Å²) in [7, 11) is 0. The van der Waals surface area contributed by atoms with Crippen molar-refractivity contribution in [1.29, 1.82) is 0 Å². The predicted molar refractivity (Wildman–Crippen MR) is 74.5 cm³/mol. The van der Waals surface area contributed by atoms with Crippen molar-refractivity contribution >= 4 is 5.69 Å². The molecular formula is C15H24N2. The van der Waals surface area contributed by atoms with Crippen molar-refractivity contribution in [3.8, 4) is 0 Å². The van der Waals surface area contributed by atoms with Gasteiger partial charge in [0.1, 0.15) is 0 Å². The van der Waals surface area contributed by atoms with Gasteiger partial charge < -0.3 is 10.6 Å². The van der Waals surface area contributed by atoms with E-state index in [9.17, 15) is 0 Å². The Morgan fingerprint density at radius 2 is 2.12 bits per heavy atom. The van der Waals surface area contributed by atoms with Crippen LogP contribution in [0.5, 0.6) is 0 Å². The fourth-order valence-electron chi connectivity index (χ4n) is 3.00. The highest BCUT2D eigenvalue weighted by Crippen LogP contribution is 2.31. The van der Waals surface area contributed by atoms with Crippen molar-refractivity contribution in [2.75, 3.05) is 18.0 Å². The molecule has 0 bridgehead atoms. The van der Waals surface area contributed by atoms with E-state index in [0.29, 0.717) is 6.04 Å². The lowest BCUT2D eigenvalue weighted by molar-refractivity contribution is 0.625. The van der Waals surface area contributed by atoms with E-state index < -0.39 is 0 Å². The second-order valence-electron chi connectivity index (χ2n) is 5.50. The molecule has 1 aromatic rings. The first-order valence-electron chi connectivity index (χ1n) is 6.68. The first-order valence-corrected chi connectivity index (χ1v) is 6.68. The molecule has 2 atom stereocenters. The van der Waals surface area contributed by atoms with E-state index in [2.05, 4.69) is 43.9 Å². The number of hydrogen-bond donors (Lipinski definition) is 1. The Balaban J connectivity index is 2.21. The Kier molecular flexibility index (Phi) is 3.72. The third-order valence-electron chi connectivity index (χ3n) is 3.79. The van der Waals surface area contributed by atoms with Crippen LogP contribution < -0.4 is 10.6 Å². The van der Waals surface area contributed by atoms with E-state index in [1.54, 1.807) is 0 Å². The van der Waals surface area contributed by atoms with Gasteiger partial charge in [-0.1, -0.05) is 19.1 Å². The molecule has 2 N–H and O–H groups in total. The number of anilines is 1. The molecule has 1 fully saturated rings. The summed E-state index contributed by atoms with van der Waals surface area (Å²) < 4.78 is 0. The van der Waals surface area contributed by atoms with Crippen molar-refractivity contribution in [1.82, 2.24) is 0 Å². The molecule has 0 aromatic heterocycles. The fourth-order valence-corrected chi connectivity index (χ4v) is 3.00. The second kappa shape index (κ2) is 5.09. The number of nitrogens with zero attached hydrogens (tertiary/aromatic N) is 1. The van der Waals surface area contributed by atoms with Gasteiger partial charge in [-0.15, -0.1) is 0 Å². The van der Waals surface area contributed by atoms with Gasteiger partial charge in [0.15, 0.2) is 0 Å². The van der Waals surface area contributed by atoms with Crippen LogP contribution in [0.3, 0.4) is 0 Å². The maximum atomic E-state index is 5.60. The average Bonchev–Trinajstić information content (AvgIpc) is 2.58. The normalized spacial score (nSPS) is 24.4. The lowest BCUT2D eigenvalue weighted by Gasteiger charge is -2.26. The molecule has 2 unspecified atom stereocenters. The summed E-state index contributed by atoms with van der Waals surface area (Å²) in [6.07, 6.45) is 2.29. The molecule has 1 aliphatic heterocycles. The van der Waals surface area contributed by atoms with Crippen molar-refractivity contribution in [3.63, 3.8) is 0 Å². The number of rotatable bonds is 3. The summed E-state index contributed by atoms with van der Waals surface area (Å²) in [5.41, 5.74) is 9.75. The lowest BCUT2D eigenvalue weighted by Crippen LogP contribution is -2.27. The van der Waals surface area contributed by atoms with Crippen LogP contribution in [0.1, 0.15) is 31.4 Å². The molecule has 1 heterocycles. The molecule has 2 nitrogen and oxygen atoms in total. The van der Waals surface area contributed by atoms with E-state index in [-0.39, 0.29) is 0 Å². The third kappa shape index (κ3) is 2.63. The van der Waals surface area contributed by atoms with Crippen LogP contribution in [-0.2, 0) is 6.42 Å². The van der Waals surface area contributed by atoms with E-state index >= 15 is 0 Å². The zero-order valence-corrected chi connectivity index (χ0v) is 11.2. The Bertz CT molecular complexity index is 387. The van der Waals surface area contributed by atoms with Crippen molar-refractivity contribution < 1.29 is 0 Å². The molecule has 17 heavy (non-hydrogen) atoms. The van der Waals surface area contributed by atoms with Crippen LogP contribution >= 0.6 is 0 Å². The van der Waals surface area contributed by atoms with Gasteiger partial charge in [0.25, 0.3) is 0 Å². The van der Waals surface area contributed by atoms with Crippen LogP contribution in [0.4, 0.5) is 5.69 Å². The summed E-state index contributed by atoms with van der Waals surface area (Å²) in [6.45, 7) is 8.81. The van der Waals surface area contributed by atoms with Gasteiger partial charge in [-0.3, -0.25) is 0 Å². The minimum Gasteiger partial charge on any atom is -0.368 e. The van der Waals surface area contributed by atoms with E-state index in [1.807, 2.05) is 0 Å². The zero-order chi connectivity index (χ0) is 12.4. The van der Waals surface area contributed by atoms with Crippen molar-refractivity contribution in [2.45, 2.75) is 39.7 Å². The number of aryl methyl sites for hydroxylation is 1. The largest absolute Gasteiger partial charge is 0.368 e. The monoisotopic (exact) mass is 232 g/mol. The van der Waals surface area contributed by atoms with E-state index in [1.165, 1.54) is 29.8 Å². The first-order chi connectivity index (χ1) is 8.11. The van der Waals surface area contributed by atoms with Gasteiger partial charge in [0, 0.05) is 18.3 Å². The molecule has 1 aliphatic rings. The maximum Gasteiger partial charge on any atom is 0.0398 e. The highest BCUT2D eigenvalue weighted by molar-refractivity contribution is 5.56. The predicted octanol–water partition coefficient (Wildman–Crippen LogP) is 2.73. The second-order valence-corrected chi connectivity index (χ2v) is 5.50. The van der Waals surface area contributed by atoms with Crippen LogP contribution in [0.2, 0.25) is 0 Å². The van der Waals surface area contributed by atoms with Gasteiger partial charge in [-0.25, -0.2) is 0 Å². The highest BCUT2D eigenvalue weighted by Gasteiger charge is 2.26. The summed E-state index contributed by atoms with van der Waals surface area (Å²) >= 11 is 0. The Labute approximate surface area is 105 Å². The Morgan fingerprint density at radius 3 is 2.65 bits per heavy atom. The fraction of sp³-hybridized carbons (Fsp3) is 0.600. The van der Waals surface area contributed by atoms with E-state index in [0.717, 1.165) is 18.9 Å². The van der Waals surface area contributed by atoms with Gasteiger partial charge in [0.2, 0.25) is 0 Å². The Morgan fingerprint density at radius 1 is 1.35 bits per heavy atom. The first kappa shape index (κ1) is 12.4. The number of nitrogens with two attached hydrogens (primary N) is 1. The van der Waals surface area contributed by atoms with Gasteiger partial charge >= 0.3 is 0 Å². The summed E-state index contributed by atoms with van der Waals surface area (Å²) in [5, 5.41) is 0. The van der Waals surface area contributed by atoms with Crippen molar-refractivity contribution in [2.24, 2.45) is 11.7 Å². The standard InChI is InChI=1S/C15H24N2/c1-11-8-13(3)17(10-11)15-5-4-14(6-7-16)9-12(15)2/h4-5,9,11,13H,6-8,10,16H2,1-3H3.